The quantitative estimate of drug-likeness (QED) is 0.355. The van der Waals surface area contributed by atoms with Crippen molar-refractivity contribution in [2.24, 2.45) is 0 Å². The lowest BCUT2D eigenvalue weighted by atomic mass is 9.87. The standard InChI is InChI=1S/C24H41N5O6/c1-6-9-12-32-16-17-19(33-13-10-7-2)23(4,34-14-11-8-3)24(30,35-17)18-15-26-20-21(31-5)27-22(25)28-29(18)20/h15,17,19,30H,6-14,16H2,1-5H3,(H2,25,28)/t17?,19-,23-,24+/m1/s1. The van der Waals surface area contributed by atoms with Crippen molar-refractivity contribution in [1.82, 2.24) is 19.6 Å². The molecule has 198 valence electrons. The van der Waals surface area contributed by atoms with Gasteiger partial charge in [-0.3, -0.25) is 0 Å². The molecule has 1 aliphatic heterocycles. The molecule has 1 aliphatic rings. The maximum atomic E-state index is 12.2. The van der Waals surface area contributed by atoms with Crippen molar-refractivity contribution in [1.29, 1.82) is 0 Å². The molecule has 0 aliphatic carbocycles. The Morgan fingerprint density at radius 1 is 1.11 bits per heavy atom. The first kappa shape index (κ1) is 27.5. The van der Waals surface area contributed by atoms with E-state index >= 15 is 0 Å². The molecule has 1 saturated heterocycles. The highest BCUT2D eigenvalue weighted by molar-refractivity contribution is 5.52. The van der Waals surface area contributed by atoms with Gasteiger partial charge in [-0.15, -0.1) is 5.10 Å². The first-order valence-corrected chi connectivity index (χ1v) is 12.6. The molecule has 2 aromatic rings. The Morgan fingerprint density at radius 2 is 1.80 bits per heavy atom. The summed E-state index contributed by atoms with van der Waals surface area (Å²) in [6.45, 7) is 9.88. The van der Waals surface area contributed by atoms with Gasteiger partial charge >= 0.3 is 0 Å². The lowest BCUT2D eigenvalue weighted by Crippen LogP contribution is -2.56. The predicted molar refractivity (Wildman–Crippen MR) is 130 cm³/mol. The monoisotopic (exact) mass is 495 g/mol. The van der Waals surface area contributed by atoms with E-state index in [0.717, 1.165) is 38.5 Å². The Morgan fingerprint density at radius 3 is 2.49 bits per heavy atom. The summed E-state index contributed by atoms with van der Waals surface area (Å²) < 4.78 is 31.7. The van der Waals surface area contributed by atoms with Gasteiger partial charge in [0, 0.05) is 19.8 Å². The van der Waals surface area contributed by atoms with Crippen LogP contribution in [0.4, 0.5) is 5.95 Å². The van der Waals surface area contributed by atoms with Crippen molar-refractivity contribution in [3.05, 3.63) is 11.9 Å². The van der Waals surface area contributed by atoms with Gasteiger partial charge in [-0.05, 0) is 26.2 Å². The Labute approximate surface area is 207 Å². The predicted octanol–water partition coefficient (Wildman–Crippen LogP) is 2.84. The summed E-state index contributed by atoms with van der Waals surface area (Å²) in [6, 6.07) is 0. The second-order valence-corrected chi connectivity index (χ2v) is 9.04. The van der Waals surface area contributed by atoms with Crippen molar-refractivity contribution < 1.29 is 28.8 Å². The van der Waals surface area contributed by atoms with Gasteiger partial charge in [0.2, 0.25) is 17.4 Å². The van der Waals surface area contributed by atoms with Crippen LogP contribution in [0.2, 0.25) is 0 Å². The lowest BCUT2D eigenvalue weighted by molar-refractivity contribution is -0.291. The summed E-state index contributed by atoms with van der Waals surface area (Å²) in [4.78, 5) is 8.46. The fourth-order valence-electron chi connectivity index (χ4n) is 4.30. The van der Waals surface area contributed by atoms with Gasteiger partial charge in [0.1, 0.15) is 17.9 Å². The zero-order chi connectivity index (χ0) is 25.5. The van der Waals surface area contributed by atoms with Gasteiger partial charge in [-0.2, -0.15) is 4.98 Å². The average molecular weight is 496 g/mol. The van der Waals surface area contributed by atoms with E-state index in [1.165, 1.54) is 17.8 Å². The summed E-state index contributed by atoms with van der Waals surface area (Å²) in [5.74, 6) is -1.80. The van der Waals surface area contributed by atoms with Gasteiger partial charge in [0.15, 0.2) is 5.60 Å². The van der Waals surface area contributed by atoms with Crippen LogP contribution in [0.5, 0.6) is 5.88 Å². The molecule has 3 N–H and O–H groups in total. The highest BCUT2D eigenvalue weighted by Crippen LogP contribution is 2.49. The van der Waals surface area contributed by atoms with Crippen molar-refractivity contribution in [3.63, 3.8) is 0 Å². The molecule has 0 amide bonds. The number of ether oxygens (including phenoxy) is 5. The number of methoxy groups -OCH3 is 1. The maximum Gasteiger partial charge on any atom is 0.262 e. The van der Waals surface area contributed by atoms with E-state index < -0.39 is 23.6 Å². The number of rotatable bonds is 15. The van der Waals surface area contributed by atoms with E-state index in [-0.39, 0.29) is 24.1 Å². The van der Waals surface area contributed by atoms with Crippen LogP contribution in [0.25, 0.3) is 5.65 Å². The van der Waals surface area contributed by atoms with Gasteiger partial charge in [-0.25, -0.2) is 9.50 Å². The highest BCUT2D eigenvalue weighted by Gasteiger charge is 2.67. The zero-order valence-electron chi connectivity index (χ0n) is 21.7. The Kier molecular flexibility index (Phi) is 9.65. The number of nitrogens with two attached hydrogens (primary N) is 1. The summed E-state index contributed by atoms with van der Waals surface area (Å²) in [5, 5.41) is 16.5. The Hall–Kier alpha value is -2.05. The van der Waals surface area contributed by atoms with Crippen molar-refractivity contribution >= 4 is 11.6 Å². The van der Waals surface area contributed by atoms with Crippen molar-refractivity contribution in [2.75, 3.05) is 39.3 Å². The third kappa shape index (κ3) is 5.54. The van der Waals surface area contributed by atoms with E-state index in [1.807, 2.05) is 6.92 Å². The fourth-order valence-corrected chi connectivity index (χ4v) is 4.30. The van der Waals surface area contributed by atoms with Crippen LogP contribution in [0.15, 0.2) is 6.20 Å². The van der Waals surface area contributed by atoms with E-state index in [9.17, 15) is 5.11 Å². The molecule has 0 aromatic carbocycles. The van der Waals surface area contributed by atoms with Gasteiger partial charge < -0.3 is 34.5 Å². The van der Waals surface area contributed by atoms with Crippen LogP contribution in [0.1, 0.15) is 71.9 Å². The van der Waals surface area contributed by atoms with Crippen LogP contribution in [-0.2, 0) is 24.7 Å². The first-order valence-electron chi connectivity index (χ1n) is 12.6. The zero-order valence-corrected chi connectivity index (χ0v) is 21.7. The minimum Gasteiger partial charge on any atom is -0.478 e. The fraction of sp³-hybridized carbons (Fsp3) is 0.792. The van der Waals surface area contributed by atoms with Crippen LogP contribution in [0, 0.1) is 0 Å². The topological polar surface area (TPSA) is 135 Å². The molecule has 2 aromatic heterocycles. The van der Waals surface area contributed by atoms with Crippen LogP contribution >= 0.6 is 0 Å². The number of fused-ring (bicyclic) bond motifs is 1. The molecule has 0 bridgehead atoms. The van der Waals surface area contributed by atoms with Crippen LogP contribution < -0.4 is 10.5 Å². The minimum atomic E-state index is -1.96. The molecule has 11 nitrogen and oxygen atoms in total. The molecule has 1 unspecified atom stereocenters. The Balaban J connectivity index is 2.06. The maximum absolute atomic E-state index is 12.2. The molecule has 0 spiro atoms. The number of nitrogens with zero attached hydrogens (tertiary/aromatic N) is 4. The summed E-state index contributed by atoms with van der Waals surface area (Å²) in [5.41, 5.74) is 5.19. The van der Waals surface area contributed by atoms with E-state index in [1.54, 1.807) is 0 Å². The number of hydrogen-bond donors (Lipinski definition) is 2. The minimum absolute atomic E-state index is 0.0287. The molecule has 4 atom stereocenters. The largest absolute Gasteiger partial charge is 0.478 e. The SMILES string of the molecule is CCCCOCC1O[C@@](O)(c2cnc3c(OC)nc(N)nn23)[C@](C)(OCCCC)[C@@H]1OCCCC. The van der Waals surface area contributed by atoms with Gasteiger partial charge in [-0.1, -0.05) is 40.0 Å². The number of nitrogen functional groups attached to an aromatic ring is 1. The van der Waals surface area contributed by atoms with Crippen molar-refractivity contribution in [3.8, 4) is 5.88 Å². The van der Waals surface area contributed by atoms with Gasteiger partial charge in [0.25, 0.3) is 5.88 Å². The molecule has 11 heteroatoms. The van der Waals surface area contributed by atoms with Crippen LogP contribution in [0.3, 0.4) is 0 Å². The lowest BCUT2D eigenvalue weighted by Gasteiger charge is -2.39. The summed E-state index contributed by atoms with van der Waals surface area (Å²) in [6.07, 6.45) is 5.89. The van der Waals surface area contributed by atoms with E-state index in [0.29, 0.717) is 25.5 Å². The molecule has 3 rings (SSSR count). The molecule has 0 saturated carbocycles. The third-order valence-corrected chi connectivity index (χ3v) is 6.38. The Bertz CT molecular complexity index is 943. The number of aliphatic hydroxyl groups is 1. The van der Waals surface area contributed by atoms with Crippen LogP contribution in [-0.4, -0.2) is 76.0 Å². The first-order chi connectivity index (χ1) is 16.9. The third-order valence-electron chi connectivity index (χ3n) is 6.38. The number of hydrogen-bond acceptors (Lipinski definition) is 10. The molecular weight excluding hydrogens is 454 g/mol. The highest BCUT2D eigenvalue weighted by atomic mass is 16.7. The summed E-state index contributed by atoms with van der Waals surface area (Å²) in [7, 11) is 1.47. The number of unbranched alkanes of at least 4 members (excludes halogenated alkanes) is 3. The van der Waals surface area contributed by atoms with E-state index in [2.05, 4.69) is 35.8 Å². The molecule has 3 heterocycles. The number of anilines is 1. The second kappa shape index (κ2) is 12.3. The second-order valence-electron chi connectivity index (χ2n) is 9.04. The molecule has 1 fully saturated rings. The molecule has 35 heavy (non-hydrogen) atoms. The van der Waals surface area contributed by atoms with E-state index in [4.69, 9.17) is 29.4 Å². The normalized spacial score (nSPS) is 26.6. The number of aromatic nitrogens is 4. The summed E-state index contributed by atoms with van der Waals surface area (Å²) >= 11 is 0. The smallest absolute Gasteiger partial charge is 0.262 e. The average Bonchev–Trinajstić information content (AvgIpc) is 3.35. The molecule has 0 radical (unpaired) electrons. The van der Waals surface area contributed by atoms with Gasteiger partial charge in [0.05, 0.1) is 19.9 Å². The molecular formula is C24H41N5O6. The van der Waals surface area contributed by atoms with Crippen molar-refractivity contribution in [2.45, 2.75) is 89.8 Å². The number of imidazole rings is 1.